The zero-order chi connectivity index (χ0) is 12.5. The van der Waals surface area contributed by atoms with Crippen LogP contribution in [0.25, 0.3) is 5.65 Å². The Morgan fingerprint density at radius 3 is 2.56 bits per heavy atom. The van der Waals surface area contributed by atoms with Crippen molar-refractivity contribution in [2.24, 2.45) is 0 Å². The van der Waals surface area contributed by atoms with Crippen molar-refractivity contribution >= 4 is 28.8 Å². The van der Waals surface area contributed by atoms with Crippen LogP contribution in [-0.4, -0.2) is 9.38 Å². The molecule has 0 N–H and O–H groups in total. The summed E-state index contributed by atoms with van der Waals surface area (Å²) in [6.45, 7) is 0. The van der Waals surface area contributed by atoms with Gasteiger partial charge in [0.25, 0.3) is 0 Å². The van der Waals surface area contributed by atoms with Crippen molar-refractivity contribution < 1.29 is 0 Å². The monoisotopic (exact) mass is 276 g/mol. The maximum absolute atomic E-state index is 5.94. The Morgan fingerprint density at radius 2 is 1.78 bits per heavy atom. The van der Waals surface area contributed by atoms with Gasteiger partial charge in [-0.15, -0.1) is 0 Å². The second-order valence-corrected chi connectivity index (χ2v) is 5.02. The lowest BCUT2D eigenvalue weighted by Gasteiger charge is -1.97. The molecule has 2 heterocycles. The highest BCUT2D eigenvalue weighted by atomic mass is 35.5. The summed E-state index contributed by atoms with van der Waals surface area (Å²) in [5.41, 5.74) is 3.07. The van der Waals surface area contributed by atoms with Crippen LogP contribution in [0.3, 0.4) is 0 Å². The molecule has 4 heteroatoms. The quantitative estimate of drug-likeness (QED) is 0.685. The summed E-state index contributed by atoms with van der Waals surface area (Å²) in [4.78, 5) is 4.54. The van der Waals surface area contributed by atoms with Crippen LogP contribution < -0.4 is 0 Å². The maximum atomic E-state index is 5.94. The number of aromatic nitrogens is 2. The standard InChI is InChI=1S/C14H10Cl2N2/c15-11-3-1-10(2-4-11)7-13-9-18-6-5-12(16)8-14(18)17-13/h1-6,8-9H,7H2. The van der Waals surface area contributed by atoms with Crippen LogP contribution >= 0.6 is 23.2 Å². The lowest BCUT2D eigenvalue weighted by Crippen LogP contribution is -1.87. The highest BCUT2D eigenvalue weighted by molar-refractivity contribution is 6.31. The van der Waals surface area contributed by atoms with Crippen molar-refractivity contribution in [1.29, 1.82) is 0 Å². The van der Waals surface area contributed by atoms with E-state index in [0.29, 0.717) is 5.02 Å². The molecule has 3 aromatic rings. The minimum absolute atomic E-state index is 0.700. The molecule has 2 aromatic heterocycles. The van der Waals surface area contributed by atoms with Crippen molar-refractivity contribution in [3.63, 3.8) is 0 Å². The summed E-state index contributed by atoms with van der Waals surface area (Å²) < 4.78 is 1.97. The number of imidazole rings is 1. The first-order valence-corrected chi connectivity index (χ1v) is 6.34. The fraction of sp³-hybridized carbons (Fsp3) is 0.0714. The van der Waals surface area contributed by atoms with Gasteiger partial charge in [-0.25, -0.2) is 4.98 Å². The van der Waals surface area contributed by atoms with Gasteiger partial charge in [0.2, 0.25) is 0 Å². The highest BCUT2D eigenvalue weighted by Gasteiger charge is 2.03. The van der Waals surface area contributed by atoms with Crippen molar-refractivity contribution in [1.82, 2.24) is 9.38 Å². The van der Waals surface area contributed by atoms with E-state index in [1.165, 1.54) is 5.56 Å². The topological polar surface area (TPSA) is 17.3 Å². The van der Waals surface area contributed by atoms with E-state index < -0.39 is 0 Å². The molecule has 1 aromatic carbocycles. The van der Waals surface area contributed by atoms with Gasteiger partial charge in [-0.1, -0.05) is 35.3 Å². The number of hydrogen-bond acceptors (Lipinski definition) is 1. The minimum Gasteiger partial charge on any atom is -0.307 e. The molecule has 0 aliphatic rings. The molecule has 0 saturated carbocycles. The molecule has 18 heavy (non-hydrogen) atoms. The molecular formula is C14H10Cl2N2. The molecule has 0 saturated heterocycles. The Morgan fingerprint density at radius 1 is 1.00 bits per heavy atom. The average Bonchev–Trinajstić information content (AvgIpc) is 2.73. The van der Waals surface area contributed by atoms with Gasteiger partial charge in [0.1, 0.15) is 5.65 Å². The largest absolute Gasteiger partial charge is 0.307 e. The Hall–Kier alpha value is -1.51. The summed E-state index contributed by atoms with van der Waals surface area (Å²) >= 11 is 11.8. The van der Waals surface area contributed by atoms with Crippen LogP contribution in [0.1, 0.15) is 11.3 Å². The third-order valence-corrected chi connectivity index (χ3v) is 3.26. The van der Waals surface area contributed by atoms with Gasteiger partial charge in [0.05, 0.1) is 5.69 Å². The summed E-state index contributed by atoms with van der Waals surface area (Å²) in [5, 5.41) is 1.45. The molecular weight excluding hydrogens is 267 g/mol. The zero-order valence-electron chi connectivity index (χ0n) is 9.48. The Balaban J connectivity index is 1.92. The first-order valence-electron chi connectivity index (χ1n) is 5.58. The number of fused-ring (bicyclic) bond motifs is 1. The lowest BCUT2D eigenvalue weighted by molar-refractivity contribution is 1.11. The molecule has 3 rings (SSSR count). The van der Waals surface area contributed by atoms with E-state index in [1.807, 2.05) is 53.2 Å². The van der Waals surface area contributed by atoms with Gasteiger partial charge in [-0.2, -0.15) is 0 Å². The lowest BCUT2D eigenvalue weighted by atomic mass is 10.1. The fourth-order valence-corrected chi connectivity index (χ4v) is 2.19. The van der Waals surface area contributed by atoms with Crippen LogP contribution in [-0.2, 0) is 6.42 Å². The van der Waals surface area contributed by atoms with Crippen LogP contribution in [0.5, 0.6) is 0 Å². The maximum Gasteiger partial charge on any atom is 0.138 e. The summed E-state index contributed by atoms with van der Waals surface area (Å²) in [6.07, 6.45) is 4.72. The number of benzene rings is 1. The molecule has 0 fully saturated rings. The van der Waals surface area contributed by atoms with E-state index in [9.17, 15) is 0 Å². The normalized spacial score (nSPS) is 11.0. The predicted octanol–water partition coefficient (Wildman–Crippen LogP) is 4.23. The molecule has 0 bridgehead atoms. The molecule has 90 valence electrons. The Kier molecular flexibility index (Phi) is 2.98. The van der Waals surface area contributed by atoms with Gasteiger partial charge >= 0.3 is 0 Å². The van der Waals surface area contributed by atoms with Gasteiger partial charge in [0, 0.05) is 28.9 Å². The molecule has 0 spiro atoms. The van der Waals surface area contributed by atoms with Crippen molar-refractivity contribution in [2.45, 2.75) is 6.42 Å². The molecule has 0 amide bonds. The summed E-state index contributed by atoms with van der Waals surface area (Å²) in [7, 11) is 0. The highest BCUT2D eigenvalue weighted by Crippen LogP contribution is 2.16. The van der Waals surface area contributed by atoms with Crippen LogP contribution in [0.15, 0.2) is 48.8 Å². The second-order valence-electron chi connectivity index (χ2n) is 4.15. The zero-order valence-corrected chi connectivity index (χ0v) is 11.0. The van der Waals surface area contributed by atoms with E-state index in [1.54, 1.807) is 0 Å². The molecule has 0 unspecified atom stereocenters. The molecule has 0 atom stereocenters. The molecule has 2 nitrogen and oxygen atoms in total. The third kappa shape index (κ3) is 2.35. The third-order valence-electron chi connectivity index (χ3n) is 2.77. The molecule has 0 radical (unpaired) electrons. The van der Waals surface area contributed by atoms with E-state index in [2.05, 4.69) is 4.98 Å². The van der Waals surface area contributed by atoms with Crippen LogP contribution in [0.2, 0.25) is 10.0 Å². The van der Waals surface area contributed by atoms with Crippen LogP contribution in [0.4, 0.5) is 0 Å². The van der Waals surface area contributed by atoms with E-state index >= 15 is 0 Å². The van der Waals surface area contributed by atoms with Crippen LogP contribution in [0, 0.1) is 0 Å². The van der Waals surface area contributed by atoms with E-state index in [0.717, 1.165) is 22.8 Å². The summed E-state index contributed by atoms with van der Waals surface area (Å²) in [6, 6.07) is 11.5. The molecule has 0 aliphatic heterocycles. The number of rotatable bonds is 2. The fourth-order valence-electron chi connectivity index (χ4n) is 1.91. The predicted molar refractivity (Wildman–Crippen MR) is 74.5 cm³/mol. The minimum atomic E-state index is 0.700. The second kappa shape index (κ2) is 4.63. The smallest absolute Gasteiger partial charge is 0.138 e. The Bertz CT molecular complexity index is 687. The van der Waals surface area contributed by atoms with Gasteiger partial charge in [0.15, 0.2) is 0 Å². The van der Waals surface area contributed by atoms with Gasteiger partial charge in [-0.05, 0) is 29.8 Å². The number of nitrogens with zero attached hydrogens (tertiary/aromatic N) is 2. The van der Waals surface area contributed by atoms with Gasteiger partial charge in [-0.3, -0.25) is 0 Å². The number of pyridine rings is 1. The van der Waals surface area contributed by atoms with Crippen molar-refractivity contribution in [3.8, 4) is 0 Å². The first kappa shape index (κ1) is 11.6. The number of hydrogen-bond donors (Lipinski definition) is 0. The van der Waals surface area contributed by atoms with Crippen molar-refractivity contribution in [2.75, 3.05) is 0 Å². The first-order chi connectivity index (χ1) is 8.70. The van der Waals surface area contributed by atoms with Gasteiger partial charge < -0.3 is 4.40 Å². The van der Waals surface area contributed by atoms with E-state index in [4.69, 9.17) is 23.2 Å². The Labute approximate surface area is 115 Å². The average molecular weight is 277 g/mol. The molecule has 0 aliphatic carbocycles. The number of halogens is 2. The SMILES string of the molecule is Clc1ccc(Cc2cn3ccc(Cl)cc3n2)cc1. The summed E-state index contributed by atoms with van der Waals surface area (Å²) in [5.74, 6) is 0. The van der Waals surface area contributed by atoms with Crippen molar-refractivity contribution in [3.05, 3.63) is 70.1 Å². The van der Waals surface area contributed by atoms with E-state index in [-0.39, 0.29) is 0 Å².